The molecule has 0 radical (unpaired) electrons. The first-order chi connectivity index (χ1) is 11.3. The maximum atomic E-state index is 12.5. The quantitative estimate of drug-likeness (QED) is 0.462. The molecule has 24 heavy (non-hydrogen) atoms. The Morgan fingerprint density at radius 3 is 2.00 bits per heavy atom. The molecule has 0 unspecified atom stereocenters. The van der Waals surface area contributed by atoms with Gasteiger partial charge < -0.3 is 9.64 Å². The molecule has 0 N–H and O–H groups in total. The Morgan fingerprint density at radius 1 is 1.08 bits per heavy atom. The Hall–Kier alpha value is -3.04. The molecule has 1 saturated heterocycles. The highest BCUT2D eigenvalue weighted by Crippen LogP contribution is 2.25. The van der Waals surface area contributed by atoms with E-state index in [0.29, 0.717) is 12.8 Å². The molecular weight excluding hydrogens is 322 g/mol. The van der Waals surface area contributed by atoms with Crippen LogP contribution in [0.2, 0.25) is 0 Å². The lowest BCUT2D eigenvalue weighted by molar-refractivity contribution is -0.394. The van der Waals surface area contributed by atoms with Crippen LogP contribution < -0.4 is 0 Å². The molecule has 0 atom stereocenters. The van der Waals surface area contributed by atoms with E-state index in [1.54, 1.807) is 0 Å². The van der Waals surface area contributed by atoms with Crippen LogP contribution in [0.15, 0.2) is 18.2 Å². The number of amides is 1. The van der Waals surface area contributed by atoms with E-state index in [0.717, 1.165) is 18.2 Å². The third-order valence-electron chi connectivity index (χ3n) is 3.89. The van der Waals surface area contributed by atoms with Crippen LogP contribution in [0.4, 0.5) is 11.4 Å². The number of esters is 1. The summed E-state index contributed by atoms with van der Waals surface area (Å²) in [5.74, 6) is -1.17. The number of benzene rings is 1. The molecule has 0 saturated carbocycles. The molecule has 10 heteroatoms. The summed E-state index contributed by atoms with van der Waals surface area (Å²) in [7, 11) is 1.29. The molecule has 0 bridgehead atoms. The number of nitrogens with zero attached hydrogens (tertiary/aromatic N) is 3. The van der Waals surface area contributed by atoms with Crippen molar-refractivity contribution in [1.29, 1.82) is 0 Å². The van der Waals surface area contributed by atoms with E-state index in [1.165, 1.54) is 12.0 Å². The van der Waals surface area contributed by atoms with Gasteiger partial charge in [0.15, 0.2) is 0 Å². The van der Waals surface area contributed by atoms with Crippen molar-refractivity contribution >= 4 is 23.3 Å². The summed E-state index contributed by atoms with van der Waals surface area (Å²) in [5, 5.41) is 21.8. The van der Waals surface area contributed by atoms with Crippen molar-refractivity contribution < 1.29 is 24.2 Å². The van der Waals surface area contributed by atoms with Crippen molar-refractivity contribution in [2.24, 2.45) is 5.92 Å². The number of nitro benzene ring substituents is 2. The number of hydrogen-bond acceptors (Lipinski definition) is 7. The van der Waals surface area contributed by atoms with Crippen LogP contribution in [-0.2, 0) is 9.53 Å². The number of ether oxygens (including phenoxy) is 1. The Morgan fingerprint density at radius 2 is 1.58 bits per heavy atom. The van der Waals surface area contributed by atoms with Crippen LogP contribution in [0.1, 0.15) is 23.2 Å². The number of likely N-dealkylation sites (tertiary alicyclic amines) is 1. The van der Waals surface area contributed by atoms with Gasteiger partial charge in [0.2, 0.25) is 0 Å². The highest BCUT2D eigenvalue weighted by molar-refractivity contribution is 5.95. The van der Waals surface area contributed by atoms with Crippen LogP contribution in [0.5, 0.6) is 0 Å². The number of hydrogen-bond donors (Lipinski definition) is 0. The summed E-state index contributed by atoms with van der Waals surface area (Å²) in [6.07, 6.45) is 0.824. The molecule has 0 aromatic heterocycles. The van der Waals surface area contributed by atoms with E-state index in [1.807, 2.05) is 0 Å². The Labute approximate surface area is 136 Å². The van der Waals surface area contributed by atoms with Gasteiger partial charge >= 0.3 is 5.97 Å². The zero-order chi connectivity index (χ0) is 17.9. The largest absolute Gasteiger partial charge is 0.469 e. The van der Waals surface area contributed by atoms with Gasteiger partial charge in [0.1, 0.15) is 0 Å². The maximum Gasteiger partial charge on any atom is 0.308 e. The lowest BCUT2D eigenvalue weighted by Crippen LogP contribution is -2.40. The Balaban J connectivity index is 2.19. The highest BCUT2D eigenvalue weighted by Gasteiger charge is 2.29. The molecule has 1 amide bonds. The standard InChI is InChI=1S/C14H15N3O7/c1-24-14(19)9-2-4-15(5-3-9)13(18)10-6-11(16(20)21)8-12(7-10)17(22)23/h6-9H,2-5H2,1H3. The molecular formula is C14H15N3O7. The van der Waals surface area contributed by atoms with Crippen molar-refractivity contribution in [2.75, 3.05) is 20.2 Å². The minimum Gasteiger partial charge on any atom is -0.469 e. The molecule has 1 aliphatic heterocycles. The number of carbonyl (C=O) groups is 2. The van der Waals surface area contributed by atoms with E-state index < -0.39 is 27.1 Å². The smallest absolute Gasteiger partial charge is 0.308 e. The molecule has 2 rings (SSSR count). The summed E-state index contributed by atoms with van der Waals surface area (Å²) in [5.41, 5.74) is -1.15. The molecule has 1 aromatic carbocycles. The van der Waals surface area contributed by atoms with E-state index in [4.69, 9.17) is 0 Å². The second kappa shape index (κ2) is 7.02. The van der Waals surface area contributed by atoms with E-state index >= 15 is 0 Å². The average molecular weight is 337 g/mol. The van der Waals surface area contributed by atoms with Gasteiger partial charge in [-0.3, -0.25) is 29.8 Å². The highest BCUT2D eigenvalue weighted by atomic mass is 16.6. The third kappa shape index (κ3) is 3.65. The molecule has 1 fully saturated rings. The molecule has 0 spiro atoms. The fourth-order valence-corrected chi connectivity index (χ4v) is 2.60. The molecule has 1 heterocycles. The monoisotopic (exact) mass is 337 g/mol. The number of non-ortho nitro benzene ring substituents is 2. The van der Waals surface area contributed by atoms with Gasteiger partial charge in [0.25, 0.3) is 17.3 Å². The van der Waals surface area contributed by atoms with E-state index in [9.17, 15) is 29.8 Å². The van der Waals surface area contributed by atoms with Crippen LogP contribution in [0.25, 0.3) is 0 Å². The summed E-state index contributed by atoms with van der Waals surface area (Å²) < 4.78 is 4.66. The number of carbonyl (C=O) groups excluding carboxylic acids is 2. The van der Waals surface area contributed by atoms with Crippen molar-refractivity contribution in [2.45, 2.75) is 12.8 Å². The van der Waals surface area contributed by atoms with E-state index in [-0.39, 0.29) is 30.5 Å². The fourth-order valence-electron chi connectivity index (χ4n) is 2.60. The van der Waals surface area contributed by atoms with Crippen LogP contribution in [0, 0.1) is 26.1 Å². The molecule has 128 valence electrons. The van der Waals surface area contributed by atoms with Gasteiger partial charge in [0, 0.05) is 25.2 Å². The van der Waals surface area contributed by atoms with Gasteiger partial charge in [-0.05, 0) is 12.8 Å². The second-order valence-electron chi connectivity index (χ2n) is 5.34. The van der Waals surface area contributed by atoms with Crippen LogP contribution >= 0.6 is 0 Å². The molecule has 10 nitrogen and oxygen atoms in total. The predicted molar refractivity (Wildman–Crippen MR) is 80.4 cm³/mol. The first-order valence-electron chi connectivity index (χ1n) is 7.14. The van der Waals surface area contributed by atoms with Gasteiger partial charge in [0.05, 0.1) is 34.5 Å². The van der Waals surface area contributed by atoms with E-state index in [2.05, 4.69) is 4.74 Å². The number of methoxy groups -OCH3 is 1. The van der Waals surface area contributed by atoms with Gasteiger partial charge in [-0.1, -0.05) is 0 Å². The zero-order valence-electron chi connectivity index (χ0n) is 12.8. The summed E-state index contributed by atoms with van der Waals surface area (Å²) >= 11 is 0. The Bertz CT molecular complexity index is 663. The van der Waals surface area contributed by atoms with Crippen LogP contribution in [0.3, 0.4) is 0 Å². The minimum atomic E-state index is -0.784. The second-order valence-corrected chi connectivity index (χ2v) is 5.34. The third-order valence-corrected chi connectivity index (χ3v) is 3.89. The lowest BCUT2D eigenvalue weighted by Gasteiger charge is -2.30. The minimum absolute atomic E-state index is 0.118. The van der Waals surface area contributed by atoms with Crippen molar-refractivity contribution in [3.05, 3.63) is 44.0 Å². The van der Waals surface area contributed by atoms with Crippen molar-refractivity contribution in [3.8, 4) is 0 Å². The zero-order valence-corrected chi connectivity index (χ0v) is 12.8. The van der Waals surface area contributed by atoms with Crippen molar-refractivity contribution in [1.82, 2.24) is 4.90 Å². The number of piperidine rings is 1. The molecule has 1 aromatic rings. The fraction of sp³-hybridized carbons (Fsp3) is 0.429. The summed E-state index contributed by atoms with van der Waals surface area (Å²) in [6, 6.07) is 2.84. The first-order valence-corrected chi connectivity index (χ1v) is 7.14. The first kappa shape index (κ1) is 17.3. The Kier molecular flexibility index (Phi) is 5.07. The van der Waals surface area contributed by atoms with Gasteiger partial charge in [-0.2, -0.15) is 0 Å². The molecule has 0 aliphatic carbocycles. The normalized spacial score (nSPS) is 15.0. The average Bonchev–Trinajstić information content (AvgIpc) is 2.60. The maximum absolute atomic E-state index is 12.5. The van der Waals surface area contributed by atoms with Gasteiger partial charge in [-0.15, -0.1) is 0 Å². The van der Waals surface area contributed by atoms with Crippen molar-refractivity contribution in [3.63, 3.8) is 0 Å². The SMILES string of the molecule is COC(=O)C1CCN(C(=O)c2cc([N+](=O)[O-])cc([N+](=O)[O-])c2)CC1. The summed E-state index contributed by atoms with van der Waals surface area (Å²) in [4.78, 5) is 45.6. The number of rotatable bonds is 4. The van der Waals surface area contributed by atoms with Crippen LogP contribution in [-0.4, -0.2) is 46.8 Å². The van der Waals surface area contributed by atoms with Gasteiger partial charge in [-0.25, -0.2) is 0 Å². The topological polar surface area (TPSA) is 133 Å². The predicted octanol–water partition coefficient (Wildman–Crippen LogP) is 1.53. The summed E-state index contributed by atoms with van der Waals surface area (Å²) in [6.45, 7) is 0.546. The molecule has 1 aliphatic rings. The number of nitro groups is 2. The lowest BCUT2D eigenvalue weighted by atomic mass is 9.96.